The van der Waals surface area contributed by atoms with Crippen LogP contribution in [0.1, 0.15) is 29.8 Å². The van der Waals surface area contributed by atoms with E-state index in [9.17, 15) is 4.79 Å². The van der Waals surface area contributed by atoms with Gasteiger partial charge in [0.2, 0.25) is 0 Å². The van der Waals surface area contributed by atoms with E-state index >= 15 is 0 Å². The topological polar surface area (TPSA) is 29.5 Å². The van der Waals surface area contributed by atoms with E-state index in [4.69, 9.17) is 4.74 Å². The molecule has 2 rings (SSSR count). The Bertz CT molecular complexity index is 399. The highest BCUT2D eigenvalue weighted by molar-refractivity contribution is 5.94. The monoisotopic (exact) mass is 233 g/mol. The first-order valence-electron chi connectivity index (χ1n) is 6.09. The number of hydrogen-bond acceptors (Lipinski definition) is 2. The second kappa shape index (κ2) is 4.88. The van der Waals surface area contributed by atoms with Gasteiger partial charge in [-0.2, -0.15) is 0 Å². The Hall–Kier alpha value is -1.35. The first-order valence-corrected chi connectivity index (χ1v) is 6.09. The van der Waals surface area contributed by atoms with Gasteiger partial charge in [0.1, 0.15) is 0 Å². The molecule has 0 saturated carbocycles. The maximum Gasteiger partial charge on any atom is 0.254 e. The number of carbonyl (C=O) groups is 1. The fourth-order valence-corrected chi connectivity index (χ4v) is 2.08. The Morgan fingerprint density at radius 3 is 2.59 bits per heavy atom. The Morgan fingerprint density at radius 2 is 1.94 bits per heavy atom. The van der Waals surface area contributed by atoms with Crippen LogP contribution in [0.5, 0.6) is 0 Å². The summed E-state index contributed by atoms with van der Waals surface area (Å²) in [7, 11) is 0. The molecule has 1 fully saturated rings. The van der Waals surface area contributed by atoms with Crippen LogP contribution in [0.25, 0.3) is 0 Å². The van der Waals surface area contributed by atoms with Gasteiger partial charge in [-0.1, -0.05) is 17.7 Å². The van der Waals surface area contributed by atoms with E-state index in [1.165, 1.54) is 5.56 Å². The number of carbonyl (C=O) groups excluding carboxylic acids is 1. The van der Waals surface area contributed by atoms with Gasteiger partial charge in [-0.15, -0.1) is 0 Å². The van der Waals surface area contributed by atoms with Crippen molar-refractivity contribution in [2.75, 3.05) is 13.2 Å². The number of benzene rings is 1. The lowest BCUT2D eigenvalue weighted by Gasteiger charge is -2.37. The van der Waals surface area contributed by atoms with Crippen molar-refractivity contribution < 1.29 is 9.53 Å². The van der Waals surface area contributed by atoms with Gasteiger partial charge in [-0.25, -0.2) is 0 Å². The fraction of sp³-hybridized carbons (Fsp3) is 0.500. The summed E-state index contributed by atoms with van der Waals surface area (Å²) in [6, 6.07) is 7.87. The molecule has 0 radical (unpaired) electrons. The van der Waals surface area contributed by atoms with E-state index in [2.05, 4.69) is 0 Å². The zero-order valence-corrected chi connectivity index (χ0v) is 10.6. The highest BCUT2D eigenvalue weighted by Crippen LogP contribution is 2.17. The van der Waals surface area contributed by atoms with E-state index < -0.39 is 0 Å². The van der Waals surface area contributed by atoms with Crippen LogP contribution in [0, 0.1) is 6.92 Å². The van der Waals surface area contributed by atoms with Crippen molar-refractivity contribution >= 4 is 5.91 Å². The lowest BCUT2D eigenvalue weighted by atomic mass is 10.1. The molecule has 17 heavy (non-hydrogen) atoms. The SMILES string of the molecule is Cc1ccc(C(=O)N2CCOC(C)C2C)cc1. The van der Waals surface area contributed by atoms with E-state index in [0.717, 1.165) is 5.56 Å². The van der Waals surface area contributed by atoms with Crippen LogP contribution in [-0.2, 0) is 4.74 Å². The average molecular weight is 233 g/mol. The molecule has 1 heterocycles. The summed E-state index contributed by atoms with van der Waals surface area (Å²) in [5.74, 6) is 0.104. The molecule has 1 aromatic rings. The van der Waals surface area contributed by atoms with Gasteiger partial charge in [-0.3, -0.25) is 4.79 Å². The Kier molecular flexibility index (Phi) is 3.48. The summed E-state index contributed by atoms with van der Waals surface area (Å²) in [6.45, 7) is 7.38. The zero-order valence-electron chi connectivity index (χ0n) is 10.6. The summed E-state index contributed by atoms with van der Waals surface area (Å²) in [5.41, 5.74) is 1.93. The predicted molar refractivity (Wildman–Crippen MR) is 67.1 cm³/mol. The van der Waals surface area contributed by atoms with Gasteiger partial charge in [0.05, 0.1) is 18.8 Å². The van der Waals surface area contributed by atoms with Crippen molar-refractivity contribution in [2.45, 2.75) is 32.9 Å². The minimum atomic E-state index is 0.104. The van der Waals surface area contributed by atoms with E-state index in [1.807, 2.05) is 49.9 Å². The Morgan fingerprint density at radius 1 is 1.29 bits per heavy atom. The summed E-state index contributed by atoms with van der Waals surface area (Å²) >= 11 is 0. The summed E-state index contributed by atoms with van der Waals surface area (Å²) < 4.78 is 5.53. The fourth-order valence-electron chi connectivity index (χ4n) is 2.08. The highest BCUT2D eigenvalue weighted by atomic mass is 16.5. The van der Waals surface area contributed by atoms with Crippen molar-refractivity contribution in [1.82, 2.24) is 4.90 Å². The van der Waals surface area contributed by atoms with Crippen LogP contribution in [0.3, 0.4) is 0 Å². The quantitative estimate of drug-likeness (QED) is 0.744. The Balaban J connectivity index is 2.16. The van der Waals surface area contributed by atoms with E-state index in [1.54, 1.807) is 0 Å². The second-order valence-electron chi connectivity index (χ2n) is 4.68. The molecule has 1 aliphatic rings. The minimum Gasteiger partial charge on any atom is -0.375 e. The van der Waals surface area contributed by atoms with Crippen molar-refractivity contribution in [3.63, 3.8) is 0 Å². The smallest absolute Gasteiger partial charge is 0.254 e. The molecule has 0 N–H and O–H groups in total. The normalized spacial score (nSPS) is 24.8. The van der Waals surface area contributed by atoms with Crippen LogP contribution in [0.2, 0.25) is 0 Å². The van der Waals surface area contributed by atoms with Crippen molar-refractivity contribution in [2.24, 2.45) is 0 Å². The van der Waals surface area contributed by atoms with Gasteiger partial charge in [0.15, 0.2) is 0 Å². The molecular formula is C14H19NO2. The summed E-state index contributed by atoms with van der Waals surface area (Å²) in [5, 5.41) is 0. The maximum atomic E-state index is 12.3. The van der Waals surface area contributed by atoms with Crippen LogP contribution in [-0.4, -0.2) is 36.1 Å². The molecule has 92 valence electrons. The predicted octanol–water partition coefficient (Wildman–Crippen LogP) is 2.24. The molecule has 0 spiro atoms. The number of amides is 1. The molecule has 1 amide bonds. The van der Waals surface area contributed by atoms with Gasteiger partial charge in [0.25, 0.3) is 5.91 Å². The third-order valence-corrected chi connectivity index (χ3v) is 3.44. The minimum absolute atomic E-state index is 0.104. The highest BCUT2D eigenvalue weighted by Gasteiger charge is 2.29. The van der Waals surface area contributed by atoms with E-state index in [-0.39, 0.29) is 18.1 Å². The van der Waals surface area contributed by atoms with Gasteiger partial charge in [-0.05, 0) is 32.9 Å². The molecule has 1 saturated heterocycles. The molecule has 0 aromatic heterocycles. The van der Waals surface area contributed by atoms with Crippen molar-refractivity contribution in [1.29, 1.82) is 0 Å². The lowest BCUT2D eigenvalue weighted by Crippen LogP contribution is -2.51. The molecule has 2 atom stereocenters. The summed E-state index contributed by atoms with van der Waals surface area (Å²) in [6.07, 6.45) is 0.109. The molecule has 1 aromatic carbocycles. The average Bonchev–Trinajstić information content (AvgIpc) is 2.33. The molecule has 0 aliphatic carbocycles. The molecular weight excluding hydrogens is 214 g/mol. The second-order valence-corrected chi connectivity index (χ2v) is 4.68. The van der Waals surface area contributed by atoms with E-state index in [0.29, 0.717) is 13.2 Å². The first kappa shape index (κ1) is 12.1. The zero-order chi connectivity index (χ0) is 12.4. The standard InChI is InChI=1S/C14H19NO2/c1-10-4-6-13(7-5-10)14(16)15-8-9-17-12(3)11(15)2/h4-7,11-12H,8-9H2,1-3H3. The summed E-state index contributed by atoms with van der Waals surface area (Å²) in [4.78, 5) is 14.2. The van der Waals surface area contributed by atoms with Crippen LogP contribution >= 0.6 is 0 Å². The molecule has 3 heteroatoms. The Labute approximate surface area is 102 Å². The number of aryl methyl sites for hydroxylation is 1. The van der Waals surface area contributed by atoms with Gasteiger partial charge < -0.3 is 9.64 Å². The maximum absolute atomic E-state index is 12.3. The van der Waals surface area contributed by atoms with Gasteiger partial charge >= 0.3 is 0 Å². The number of morpholine rings is 1. The molecule has 3 nitrogen and oxygen atoms in total. The van der Waals surface area contributed by atoms with Crippen LogP contribution < -0.4 is 0 Å². The molecule has 2 unspecified atom stereocenters. The van der Waals surface area contributed by atoms with Crippen LogP contribution in [0.4, 0.5) is 0 Å². The van der Waals surface area contributed by atoms with Gasteiger partial charge in [0, 0.05) is 12.1 Å². The van der Waals surface area contributed by atoms with Crippen molar-refractivity contribution in [3.8, 4) is 0 Å². The number of hydrogen-bond donors (Lipinski definition) is 0. The number of nitrogens with zero attached hydrogens (tertiary/aromatic N) is 1. The first-order chi connectivity index (χ1) is 8.09. The third-order valence-electron chi connectivity index (χ3n) is 3.44. The van der Waals surface area contributed by atoms with Crippen LogP contribution in [0.15, 0.2) is 24.3 Å². The number of rotatable bonds is 1. The van der Waals surface area contributed by atoms with Crippen molar-refractivity contribution in [3.05, 3.63) is 35.4 Å². The number of ether oxygens (including phenoxy) is 1. The lowest BCUT2D eigenvalue weighted by molar-refractivity contribution is -0.0440. The molecule has 0 bridgehead atoms. The molecule has 1 aliphatic heterocycles. The largest absolute Gasteiger partial charge is 0.375 e. The third kappa shape index (κ3) is 2.50.